The number of hydrogen-bond donors (Lipinski definition) is 0. The molecular formula is C20H22FNO3. The van der Waals surface area contributed by atoms with E-state index in [1.54, 1.807) is 44.4 Å². The lowest BCUT2D eigenvalue weighted by Crippen LogP contribution is -2.27. The van der Waals surface area contributed by atoms with Gasteiger partial charge >= 0.3 is 0 Å². The highest BCUT2D eigenvalue weighted by atomic mass is 19.1. The summed E-state index contributed by atoms with van der Waals surface area (Å²) in [5, 5.41) is 0. The molecule has 0 saturated carbocycles. The normalized spacial score (nSPS) is 10.7. The summed E-state index contributed by atoms with van der Waals surface area (Å²) in [4.78, 5) is 13.7. The van der Waals surface area contributed by atoms with Gasteiger partial charge < -0.3 is 14.4 Å². The molecule has 0 radical (unpaired) electrons. The summed E-state index contributed by atoms with van der Waals surface area (Å²) < 4.78 is 24.0. The van der Waals surface area contributed by atoms with Gasteiger partial charge in [0.15, 0.2) is 11.5 Å². The van der Waals surface area contributed by atoms with Crippen LogP contribution in [0.5, 0.6) is 11.5 Å². The highest BCUT2D eigenvalue weighted by Gasteiger charge is 2.08. The summed E-state index contributed by atoms with van der Waals surface area (Å²) in [6, 6.07) is 12.0. The molecule has 0 spiro atoms. The first-order valence-corrected chi connectivity index (χ1v) is 7.93. The highest BCUT2D eigenvalue weighted by molar-refractivity contribution is 5.91. The first-order valence-electron chi connectivity index (χ1n) is 7.93. The zero-order valence-corrected chi connectivity index (χ0v) is 14.7. The molecule has 0 aromatic heterocycles. The summed E-state index contributed by atoms with van der Waals surface area (Å²) in [5.41, 5.74) is 1.43. The number of benzene rings is 2. The Kier molecular flexibility index (Phi) is 6.57. The third kappa shape index (κ3) is 5.08. The molecule has 0 unspecified atom stereocenters. The Balaban J connectivity index is 1.94. The minimum absolute atomic E-state index is 0.177. The van der Waals surface area contributed by atoms with E-state index in [1.807, 2.05) is 18.2 Å². The number of nitrogens with zero attached hydrogens (tertiary/aromatic N) is 1. The number of halogens is 1. The molecule has 0 fully saturated rings. The second-order valence-electron chi connectivity index (χ2n) is 5.55. The number of carbonyl (C=O) groups is 1. The molecule has 0 saturated heterocycles. The topological polar surface area (TPSA) is 38.8 Å². The maximum atomic E-state index is 13.5. The van der Waals surface area contributed by atoms with Crippen LogP contribution in [0.25, 0.3) is 6.08 Å². The zero-order chi connectivity index (χ0) is 18.2. The van der Waals surface area contributed by atoms with Gasteiger partial charge in [-0.15, -0.1) is 0 Å². The summed E-state index contributed by atoms with van der Waals surface area (Å²) in [6.45, 7) is 0.538. The molecule has 2 rings (SSSR count). The molecule has 0 bridgehead atoms. The molecule has 0 heterocycles. The van der Waals surface area contributed by atoms with Crippen molar-refractivity contribution >= 4 is 12.0 Å². The Hall–Kier alpha value is -2.82. The molecule has 2 aromatic carbocycles. The average molecular weight is 343 g/mol. The molecule has 2 aromatic rings. The minimum Gasteiger partial charge on any atom is -0.493 e. The Morgan fingerprint density at radius 2 is 1.84 bits per heavy atom. The molecule has 5 heteroatoms. The molecule has 0 N–H and O–H groups in total. The zero-order valence-electron chi connectivity index (χ0n) is 14.7. The van der Waals surface area contributed by atoms with E-state index >= 15 is 0 Å². The van der Waals surface area contributed by atoms with Gasteiger partial charge in [0.05, 0.1) is 14.2 Å². The Morgan fingerprint density at radius 3 is 2.52 bits per heavy atom. The quantitative estimate of drug-likeness (QED) is 0.722. The van der Waals surface area contributed by atoms with E-state index in [4.69, 9.17) is 9.47 Å². The van der Waals surface area contributed by atoms with E-state index in [9.17, 15) is 9.18 Å². The molecule has 4 nitrogen and oxygen atoms in total. The smallest absolute Gasteiger partial charge is 0.246 e. The number of carbonyl (C=O) groups excluding carboxylic acids is 1. The molecule has 25 heavy (non-hydrogen) atoms. The van der Waals surface area contributed by atoms with E-state index < -0.39 is 0 Å². The van der Waals surface area contributed by atoms with Crippen molar-refractivity contribution in [1.82, 2.24) is 4.90 Å². The number of ether oxygens (including phenoxy) is 2. The van der Waals surface area contributed by atoms with Crippen molar-refractivity contribution in [3.8, 4) is 11.5 Å². The van der Waals surface area contributed by atoms with Crippen LogP contribution in [0.1, 0.15) is 11.1 Å². The average Bonchev–Trinajstić information content (AvgIpc) is 2.64. The lowest BCUT2D eigenvalue weighted by molar-refractivity contribution is -0.124. The molecular weight excluding hydrogens is 321 g/mol. The summed E-state index contributed by atoms with van der Waals surface area (Å²) >= 11 is 0. The second-order valence-corrected chi connectivity index (χ2v) is 5.55. The summed E-state index contributed by atoms with van der Waals surface area (Å²) in [5.74, 6) is 0.806. The maximum Gasteiger partial charge on any atom is 0.246 e. The molecule has 0 aliphatic carbocycles. The Labute approximate surface area is 147 Å². The van der Waals surface area contributed by atoms with Gasteiger partial charge in [0.1, 0.15) is 5.82 Å². The van der Waals surface area contributed by atoms with Crippen molar-refractivity contribution in [2.24, 2.45) is 0 Å². The predicted molar refractivity (Wildman–Crippen MR) is 96.3 cm³/mol. The fraction of sp³-hybridized carbons (Fsp3) is 0.250. The number of amides is 1. The van der Waals surface area contributed by atoms with Crippen LogP contribution in [-0.2, 0) is 11.2 Å². The lowest BCUT2D eigenvalue weighted by Gasteiger charge is -2.16. The van der Waals surface area contributed by atoms with Crippen molar-refractivity contribution in [1.29, 1.82) is 0 Å². The van der Waals surface area contributed by atoms with Crippen LogP contribution in [0.15, 0.2) is 48.5 Å². The van der Waals surface area contributed by atoms with Gasteiger partial charge in [-0.1, -0.05) is 24.3 Å². The fourth-order valence-electron chi connectivity index (χ4n) is 2.34. The number of hydrogen-bond acceptors (Lipinski definition) is 3. The standard InChI is InChI=1S/C20H22FNO3/c1-22(20(23)11-9-16-6-4-5-7-17(16)21)13-12-15-8-10-18(24-2)19(14-15)25-3/h4-11,14H,12-13H2,1-3H3. The molecule has 0 aliphatic heterocycles. The van der Waals surface area contributed by atoms with Crippen molar-refractivity contribution in [2.75, 3.05) is 27.8 Å². The summed E-state index contributed by atoms with van der Waals surface area (Å²) in [7, 11) is 4.89. The largest absolute Gasteiger partial charge is 0.493 e. The van der Waals surface area contributed by atoms with Gasteiger partial charge in [-0.2, -0.15) is 0 Å². The minimum atomic E-state index is -0.348. The number of likely N-dealkylation sites (N-methyl/N-ethyl adjacent to an activating group) is 1. The van der Waals surface area contributed by atoms with Crippen LogP contribution in [-0.4, -0.2) is 38.6 Å². The van der Waals surface area contributed by atoms with Crippen molar-refractivity contribution in [2.45, 2.75) is 6.42 Å². The number of rotatable bonds is 7. The van der Waals surface area contributed by atoms with E-state index in [2.05, 4.69) is 0 Å². The lowest BCUT2D eigenvalue weighted by atomic mass is 10.1. The van der Waals surface area contributed by atoms with Crippen LogP contribution in [0.2, 0.25) is 0 Å². The summed E-state index contributed by atoms with van der Waals surface area (Å²) in [6.07, 6.45) is 3.55. The van der Waals surface area contributed by atoms with Crippen LogP contribution < -0.4 is 9.47 Å². The van der Waals surface area contributed by atoms with Crippen LogP contribution in [0.3, 0.4) is 0 Å². The van der Waals surface area contributed by atoms with Crippen LogP contribution in [0, 0.1) is 5.82 Å². The molecule has 0 atom stereocenters. The second kappa shape index (κ2) is 8.87. The van der Waals surface area contributed by atoms with Gasteiger partial charge in [0, 0.05) is 25.2 Å². The van der Waals surface area contributed by atoms with Crippen LogP contribution in [0.4, 0.5) is 4.39 Å². The first-order chi connectivity index (χ1) is 12.0. The van der Waals surface area contributed by atoms with E-state index in [0.717, 1.165) is 5.56 Å². The third-order valence-electron chi connectivity index (χ3n) is 3.87. The number of methoxy groups -OCH3 is 2. The van der Waals surface area contributed by atoms with Crippen molar-refractivity contribution < 1.29 is 18.7 Å². The molecule has 132 valence electrons. The van der Waals surface area contributed by atoms with E-state index in [1.165, 1.54) is 18.2 Å². The van der Waals surface area contributed by atoms with Gasteiger partial charge in [0.2, 0.25) is 5.91 Å². The SMILES string of the molecule is COc1ccc(CCN(C)C(=O)C=Cc2ccccc2F)cc1OC. The van der Waals surface area contributed by atoms with Crippen LogP contribution >= 0.6 is 0 Å². The van der Waals surface area contributed by atoms with E-state index in [0.29, 0.717) is 30.0 Å². The van der Waals surface area contributed by atoms with Crippen molar-refractivity contribution in [3.05, 3.63) is 65.5 Å². The third-order valence-corrected chi connectivity index (χ3v) is 3.87. The fourth-order valence-corrected chi connectivity index (χ4v) is 2.34. The first kappa shape index (κ1) is 18.5. The van der Waals surface area contributed by atoms with Gasteiger partial charge in [0.25, 0.3) is 0 Å². The Bertz CT molecular complexity index is 758. The Morgan fingerprint density at radius 1 is 1.12 bits per heavy atom. The van der Waals surface area contributed by atoms with Gasteiger partial charge in [-0.3, -0.25) is 4.79 Å². The highest BCUT2D eigenvalue weighted by Crippen LogP contribution is 2.27. The van der Waals surface area contributed by atoms with Gasteiger partial charge in [-0.25, -0.2) is 4.39 Å². The van der Waals surface area contributed by atoms with Gasteiger partial charge in [-0.05, 0) is 36.3 Å². The van der Waals surface area contributed by atoms with E-state index in [-0.39, 0.29) is 11.7 Å². The predicted octanol–water partition coefficient (Wildman–Crippen LogP) is 3.56. The van der Waals surface area contributed by atoms with Crippen molar-refractivity contribution in [3.63, 3.8) is 0 Å². The molecule has 0 aliphatic rings. The monoisotopic (exact) mass is 343 g/mol. The molecule has 1 amide bonds. The maximum absolute atomic E-state index is 13.5.